The lowest BCUT2D eigenvalue weighted by Crippen LogP contribution is -2.31. The molecule has 0 fully saturated rings. The summed E-state index contributed by atoms with van der Waals surface area (Å²) in [6.07, 6.45) is 0. The number of ether oxygens (including phenoxy) is 2. The summed E-state index contributed by atoms with van der Waals surface area (Å²) < 4.78 is 9.56. The zero-order valence-corrected chi connectivity index (χ0v) is 8.40. The summed E-state index contributed by atoms with van der Waals surface area (Å²) in [6.45, 7) is 0.887. The van der Waals surface area contributed by atoms with Gasteiger partial charge in [0.2, 0.25) is 5.91 Å². The van der Waals surface area contributed by atoms with Crippen molar-refractivity contribution < 1.29 is 24.2 Å². The summed E-state index contributed by atoms with van der Waals surface area (Å²) in [5.41, 5.74) is 5.18. The van der Waals surface area contributed by atoms with E-state index in [0.29, 0.717) is 26.3 Å². The second-order valence-corrected chi connectivity index (χ2v) is 2.64. The van der Waals surface area contributed by atoms with Crippen LogP contribution in [-0.2, 0) is 19.1 Å². The van der Waals surface area contributed by atoms with Crippen LogP contribution in [0.25, 0.3) is 0 Å². The number of carbonyl (C=O) groups excluding carboxylic acids is 1. The average molecular weight is 220 g/mol. The van der Waals surface area contributed by atoms with E-state index in [2.05, 4.69) is 10.1 Å². The Morgan fingerprint density at radius 1 is 1.20 bits per heavy atom. The molecule has 0 aliphatic heterocycles. The highest BCUT2D eigenvalue weighted by molar-refractivity contribution is 5.77. The van der Waals surface area contributed by atoms with Crippen molar-refractivity contribution in [2.24, 2.45) is 5.73 Å². The van der Waals surface area contributed by atoms with Crippen molar-refractivity contribution in [2.75, 3.05) is 39.5 Å². The van der Waals surface area contributed by atoms with E-state index < -0.39 is 12.6 Å². The number of aliphatic carboxylic acids is 1. The Labute approximate surface area is 87.5 Å². The molecule has 0 aromatic rings. The van der Waals surface area contributed by atoms with Gasteiger partial charge in [-0.05, 0) is 0 Å². The van der Waals surface area contributed by atoms with Gasteiger partial charge in [0, 0.05) is 13.1 Å². The number of nitrogens with two attached hydrogens (primary N) is 1. The zero-order chi connectivity index (χ0) is 11.5. The Balaban J connectivity index is 3.22. The Hall–Kier alpha value is -1.18. The van der Waals surface area contributed by atoms with E-state index in [1.807, 2.05) is 0 Å². The first-order valence-corrected chi connectivity index (χ1v) is 4.51. The summed E-state index contributed by atoms with van der Waals surface area (Å²) >= 11 is 0. The normalized spacial score (nSPS) is 9.93. The number of carboxylic acid groups (broad SMARTS) is 1. The van der Waals surface area contributed by atoms with Crippen molar-refractivity contribution >= 4 is 11.9 Å². The lowest BCUT2D eigenvalue weighted by molar-refractivity contribution is -0.143. The Bertz CT molecular complexity index is 197. The zero-order valence-electron chi connectivity index (χ0n) is 8.40. The molecule has 0 aliphatic rings. The highest BCUT2D eigenvalue weighted by Crippen LogP contribution is 1.76. The first-order valence-electron chi connectivity index (χ1n) is 4.51. The molecule has 7 nitrogen and oxygen atoms in total. The van der Waals surface area contributed by atoms with Crippen LogP contribution >= 0.6 is 0 Å². The average Bonchev–Trinajstić information content (AvgIpc) is 2.17. The maximum absolute atomic E-state index is 10.9. The Morgan fingerprint density at radius 3 is 2.53 bits per heavy atom. The molecule has 7 heteroatoms. The fraction of sp³-hybridized carbons (Fsp3) is 0.750. The predicted octanol–water partition coefficient (Wildman–Crippen LogP) is -1.82. The van der Waals surface area contributed by atoms with Gasteiger partial charge in [-0.3, -0.25) is 4.79 Å². The van der Waals surface area contributed by atoms with E-state index in [-0.39, 0.29) is 12.5 Å². The van der Waals surface area contributed by atoms with Crippen molar-refractivity contribution in [1.29, 1.82) is 0 Å². The minimum atomic E-state index is -1.10. The molecule has 0 rings (SSSR count). The fourth-order valence-corrected chi connectivity index (χ4v) is 0.730. The first kappa shape index (κ1) is 13.8. The van der Waals surface area contributed by atoms with Crippen molar-refractivity contribution in [3.63, 3.8) is 0 Å². The third kappa shape index (κ3) is 10.7. The van der Waals surface area contributed by atoms with Crippen LogP contribution in [0.3, 0.4) is 0 Å². The highest BCUT2D eigenvalue weighted by Gasteiger charge is 2.02. The summed E-state index contributed by atoms with van der Waals surface area (Å²) in [4.78, 5) is 21.0. The molecule has 0 saturated carbocycles. The molecule has 0 aliphatic carbocycles. The molecular weight excluding hydrogens is 204 g/mol. The molecule has 0 aromatic carbocycles. The summed E-state index contributed by atoms with van der Waals surface area (Å²) in [5, 5.41) is 10.7. The number of carbonyl (C=O) groups is 2. The number of hydrogen-bond donors (Lipinski definition) is 3. The minimum Gasteiger partial charge on any atom is -0.480 e. The van der Waals surface area contributed by atoms with Gasteiger partial charge in [0.05, 0.1) is 13.2 Å². The van der Waals surface area contributed by atoms with Crippen molar-refractivity contribution in [1.82, 2.24) is 5.32 Å². The second kappa shape index (κ2) is 9.38. The van der Waals surface area contributed by atoms with Gasteiger partial charge in [-0.25, -0.2) is 4.79 Å². The molecule has 4 N–H and O–H groups in total. The molecule has 0 radical (unpaired) electrons. The lowest BCUT2D eigenvalue weighted by Gasteiger charge is -2.05. The summed E-state index contributed by atoms with van der Waals surface area (Å²) in [5.74, 6) is -1.47. The Morgan fingerprint density at radius 2 is 1.93 bits per heavy atom. The van der Waals surface area contributed by atoms with Gasteiger partial charge >= 0.3 is 5.97 Å². The van der Waals surface area contributed by atoms with Crippen molar-refractivity contribution in [3.05, 3.63) is 0 Å². The largest absolute Gasteiger partial charge is 0.480 e. The van der Waals surface area contributed by atoms with Crippen LogP contribution < -0.4 is 11.1 Å². The van der Waals surface area contributed by atoms with E-state index in [0.717, 1.165) is 0 Å². The molecule has 88 valence electrons. The molecule has 0 bridgehead atoms. The quantitative estimate of drug-likeness (QED) is 0.394. The highest BCUT2D eigenvalue weighted by atomic mass is 16.5. The van der Waals surface area contributed by atoms with Gasteiger partial charge in [0.25, 0.3) is 0 Å². The Kier molecular flexibility index (Phi) is 8.64. The standard InChI is InChI=1S/C8H16N2O5/c9-1-3-14-4-2-10-7(11)5-15-6-8(12)13/h1-6,9H2,(H,10,11)(H,12,13). The number of nitrogens with one attached hydrogen (secondary N) is 1. The maximum Gasteiger partial charge on any atom is 0.329 e. The maximum atomic E-state index is 10.9. The molecule has 0 heterocycles. The fourth-order valence-electron chi connectivity index (χ4n) is 0.730. The van der Waals surface area contributed by atoms with E-state index >= 15 is 0 Å². The van der Waals surface area contributed by atoms with Gasteiger partial charge in [-0.1, -0.05) is 0 Å². The van der Waals surface area contributed by atoms with Crippen LogP contribution in [-0.4, -0.2) is 56.5 Å². The lowest BCUT2D eigenvalue weighted by atomic mass is 10.6. The summed E-state index contributed by atoms with van der Waals surface area (Å²) in [6, 6.07) is 0. The topological polar surface area (TPSA) is 111 Å². The third-order valence-electron chi connectivity index (χ3n) is 1.29. The van der Waals surface area contributed by atoms with Crippen molar-refractivity contribution in [3.8, 4) is 0 Å². The van der Waals surface area contributed by atoms with E-state index in [1.165, 1.54) is 0 Å². The van der Waals surface area contributed by atoms with Crippen LogP contribution in [0.15, 0.2) is 0 Å². The van der Waals surface area contributed by atoms with Crippen LogP contribution in [0.5, 0.6) is 0 Å². The second-order valence-electron chi connectivity index (χ2n) is 2.64. The van der Waals surface area contributed by atoms with Gasteiger partial charge in [-0.15, -0.1) is 0 Å². The van der Waals surface area contributed by atoms with Gasteiger partial charge < -0.3 is 25.6 Å². The molecule has 0 unspecified atom stereocenters. The molecule has 0 spiro atoms. The van der Waals surface area contributed by atoms with Gasteiger partial charge in [-0.2, -0.15) is 0 Å². The minimum absolute atomic E-state index is 0.261. The SMILES string of the molecule is NCCOCCNC(=O)COCC(=O)O. The molecule has 15 heavy (non-hydrogen) atoms. The van der Waals surface area contributed by atoms with Gasteiger partial charge in [0.1, 0.15) is 13.2 Å². The van der Waals surface area contributed by atoms with E-state index in [9.17, 15) is 9.59 Å². The van der Waals surface area contributed by atoms with Crippen LogP contribution in [0.1, 0.15) is 0 Å². The first-order chi connectivity index (χ1) is 7.16. The van der Waals surface area contributed by atoms with E-state index in [1.54, 1.807) is 0 Å². The molecule has 0 atom stereocenters. The van der Waals surface area contributed by atoms with Gasteiger partial charge in [0.15, 0.2) is 0 Å². The number of carboxylic acids is 1. The molecule has 0 aromatic heterocycles. The van der Waals surface area contributed by atoms with E-state index in [4.69, 9.17) is 15.6 Å². The van der Waals surface area contributed by atoms with Crippen LogP contribution in [0.2, 0.25) is 0 Å². The number of rotatable bonds is 9. The number of amides is 1. The molecule has 0 saturated heterocycles. The van der Waals surface area contributed by atoms with Crippen molar-refractivity contribution in [2.45, 2.75) is 0 Å². The monoisotopic (exact) mass is 220 g/mol. The number of hydrogen-bond acceptors (Lipinski definition) is 5. The van der Waals surface area contributed by atoms with Crippen LogP contribution in [0.4, 0.5) is 0 Å². The molecule has 1 amide bonds. The smallest absolute Gasteiger partial charge is 0.329 e. The predicted molar refractivity (Wildman–Crippen MR) is 51.3 cm³/mol. The third-order valence-corrected chi connectivity index (χ3v) is 1.29. The summed E-state index contributed by atoms with van der Waals surface area (Å²) in [7, 11) is 0. The van der Waals surface area contributed by atoms with Crippen LogP contribution in [0, 0.1) is 0 Å². The molecular formula is C8H16N2O5.